The predicted octanol–water partition coefficient (Wildman–Crippen LogP) is 2.28. The van der Waals surface area contributed by atoms with Crippen LogP contribution in [0.2, 0.25) is 0 Å². The molecule has 1 N–H and O–H groups in total. The van der Waals surface area contributed by atoms with E-state index in [0.717, 1.165) is 57.0 Å². The summed E-state index contributed by atoms with van der Waals surface area (Å²) in [7, 11) is 1.72. The monoisotopic (exact) mass is 263 g/mol. The van der Waals surface area contributed by atoms with E-state index in [1.54, 1.807) is 7.11 Å². The molecule has 1 aliphatic rings. The molecular formula is C13H26ClNO2. The molecule has 0 spiro atoms. The molecule has 1 rings (SSSR count). The van der Waals surface area contributed by atoms with Crippen LogP contribution in [0.1, 0.15) is 25.7 Å². The van der Waals surface area contributed by atoms with Gasteiger partial charge < -0.3 is 14.8 Å². The molecule has 0 aromatic rings. The van der Waals surface area contributed by atoms with Crippen LogP contribution >= 0.6 is 11.6 Å². The number of methoxy groups -OCH3 is 1. The van der Waals surface area contributed by atoms with Gasteiger partial charge in [0.25, 0.3) is 0 Å². The molecule has 102 valence electrons. The van der Waals surface area contributed by atoms with Gasteiger partial charge in [-0.05, 0) is 37.6 Å². The zero-order chi connectivity index (χ0) is 12.3. The maximum absolute atomic E-state index is 5.95. The van der Waals surface area contributed by atoms with Crippen molar-refractivity contribution in [2.45, 2.75) is 25.7 Å². The van der Waals surface area contributed by atoms with Gasteiger partial charge in [0.2, 0.25) is 0 Å². The lowest BCUT2D eigenvalue weighted by Gasteiger charge is -2.17. The first-order valence-electron chi connectivity index (χ1n) is 6.71. The molecule has 0 aromatic heterocycles. The van der Waals surface area contributed by atoms with Crippen LogP contribution in [-0.4, -0.2) is 45.9 Å². The highest BCUT2D eigenvalue weighted by Crippen LogP contribution is 2.31. The van der Waals surface area contributed by atoms with Crippen molar-refractivity contribution in [1.82, 2.24) is 5.32 Å². The van der Waals surface area contributed by atoms with E-state index in [4.69, 9.17) is 21.1 Å². The SMILES string of the molecule is COCCCOCCNCC1CCCC1CCl. The predicted molar refractivity (Wildman–Crippen MR) is 71.7 cm³/mol. The summed E-state index contributed by atoms with van der Waals surface area (Å²) in [5, 5.41) is 3.47. The van der Waals surface area contributed by atoms with E-state index in [1.807, 2.05) is 0 Å². The van der Waals surface area contributed by atoms with Gasteiger partial charge in [0.1, 0.15) is 0 Å². The largest absolute Gasteiger partial charge is 0.385 e. The molecule has 4 heteroatoms. The normalized spacial score (nSPS) is 24.4. The lowest BCUT2D eigenvalue weighted by atomic mass is 9.98. The van der Waals surface area contributed by atoms with Gasteiger partial charge in [-0.25, -0.2) is 0 Å². The van der Waals surface area contributed by atoms with Crippen molar-refractivity contribution in [3.05, 3.63) is 0 Å². The molecule has 3 nitrogen and oxygen atoms in total. The summed E-state index contributed by atoms with van der Waals surface area (Å²) in [4.78, 5) is 0. The second-order valence-electron chi connectivity index (χ2n) is 4.77. The van der Waals surface area contributed by atoms with Crippen LogP contribution in [0.3, 0.4) is 0 Å². The van der Waals surface area contributed by atoms with Gasteiger partial charge in [0.05, 0.1) is 6.61 Å². The Hall–Kier alpha value is 0.170. The number of nitrogens with one attached hydrogen (secondary N) is 1. The highest BCUT2D eigenvalue weighted by Gasteiger charge is 2.25. The van der Waals surface area contributed by atoms with Gasteiger partial charge in [-0.2, -0.15) is 0 Å². The van der Waals surface area contributed by atoms with Gasteiger partial charge in [0, 0.05) is 32.7 Å². The summed E-state index contributed by atoms with van der Waals surface area (Å²) < 4.78 is 10.4. The van der Waals surface area contributed by atoms with Crippen LogP contribution in [0.15, 0.2) is 0 Å². The number of halogens is 1. The molecule has 1 saturated carbocycles. The molecule has 0 aliphatic heterocycles. The quantitative estimate of drug-likeness (QED) is 0.485. The van der Waals surface area contributed by atoms with E-state index in [0.29, 0.717) is 0 Å². The molecule has 17 heavy (non-hydrogen) atoms. The van der Waals surface area contributed by atoms with Crippen LogP contribution in [-0.2, 0) is 9.47 Å². The summed E-state index contributed by atoms with van der Waals surface area (Å²) in [6.07, 6.45) is 4.97. The molecular weight excluding hydrogens is 238 g/mol. The second kappa shape index (κ2) is 10.1. The summed E-state index contributed by atoms with van der Waals surface area (Å²) in [5.74, 6) is 2.33. The number of ether oxygens (including phenoxy) is 2. The highest BCUT2D eigenvalue weighted by atomic mass is 35.5. The fourth-order valence-electron chi connectivity index (χ4n) is 2.42. The van der Waals surface area contributed by atoms with Crippen molar-refractivity contribution >= 4 is 11.6 Å². The average Bonchev–Trinajstić information content (AvgIpc) is 2.80. The Bertz CT molecular complexity index is 181. The van der Waals surface area contributed by atoms with Crippen molar-refractivity contribution in [3.8, 4) is 0 Å². The van der Waals surface area contributed by atoms with Crippen molar-refractivity contribution < 1.29 is 9.47 Å². The van der Waals surface area contributed by atoms with Gasteiger partial charge in [-0.1, -0.05) is 6.42 Å². The Balaban J connectivity index is 1.87. The van der Waals surface area contributed by atoms with E-state index < -0.39 is 0 Å². The molecule has 0 heterocycles. The van der Waals surface area contributed by atoms with Crippen LogP contribution < -0.4 is 5.32 Å². The first kappa shape index (κ1) is 15.2. The van der Waals surface area contributed by atoms with Crippen molar-refractivity contribution in [2.75, 3.05) is 45.9 Å². The lowest BCUT2D eigenvalue weighted by Crippen LogP contribution is -2.28. The Morgan fingerprint density at radius 2 is 2.00 bits per heavy atom. The average molecular weight is 264 g/mol. The molecule has 1 fully saturated rings. The van der Waals surface area contributed by atoms with Crippen molar-refractivity contribution in [2.24, 2.45) is 11.8 Å². The minimum atomic E-state index is 0.729. The van der Waals surface area contributed by atoms with Crippen molar-refractivity contribution in [1.29, 1.82) is 0 Å². The van der Waals surface area contributed by atoms with E-state index in [9.17, 15) is 0 Å². The second-order valence-corrected chi connectivity index (χ2v) is 5.08. The molecule has 1 aliphatic carbocycles. The fourth-order valence-corrected chi connectivity index (χ4v) is 2.83. The van der Waals surface area contributed by atoms with Gasteiger partial charge in [-0.15, -0.1) is 11.6 Å². The summed E-state index contributed by atoms with van der Waals surface area (Å²) in [6, 6.07) is 0. The molecule has 2 unspecified atom stereocenters. The summed E-state index contributed by atoms with van der Waals surface area (Å²) in [6.45, 7) is 4.41. The van der Waals surface area contributed by atoms with Gasteiger partial charge in [-0.3, -0.25) is 0 Å². The van der Waals surface area contributed by atoms with E-state index in [-0.39, 0.29) is 0 Å². The first-order valence-corrected chi connectivity index (χ1v) is 7.25. The maximum atomic E-state index is 5.95. The summed E-state index contributed by atoms with van der Waals surface area (Å²) >= 11 is 5.95. The van der Waals surface area contributed by atoms with Gasteiger partial charge >= 0.3 is 0 Å². The number of hydrogen-bond donors (Lipinski definition) is 1. The molecule has 0 amide bonds. The van der Waals surface area contributed by atoms with E-state index in [1.165, 1.54) is 19.3 Å². The topological polar surface area (TPSA) is 30.5 Å². The minimum absolute atomic E-state index is 0.729. The standard InChI is InChI=1S/C13H26ClNO2/c1-16-7-3-8-17-9-6-15-11-13-5-2-4-12(13)10-14/h12-13,15H,2-11H2,1H3. The number of hydrogen-bond acceptors (Lipinski definition) is 3. The lowest BCUT2D eigenvalue weighted by molar-refractivity contribution is 0.104. The highest BCUT2D eigenvalue weighted by molar-refractivity contribution is 6.18. The van der Waals surface area contributed by atoms with Crippen LogP contribution in [0.25, 0.3) is 0 Å². The molecule has 0 saturated heterocycles. The smallest absolute Gasteiger partial charge is 0.0590 e. The third-order valence-corrected chi connectivity index (χ3v) is 3.88. The van der Waals surface area contributed by atoms with E-state index in [2.05, 4.69) is 5.32 Å². The third-order valence-electron chi connectivity index (χ3n) is 3.48. The Labute approximate surface area is 110 Å². The molecule has 0 aromatic carbocycles. The summed E-state index contributed by atoms with van der Waals surface area (Å²) in [5.41, 5.74) is 0. The van der Waals surface area contributed by atoms with Crippen LogP contribution in [0.4, 0.5) is 0 Å². The van der Waals surface area contributed by atoms with Crippen LogP contribution in [0.5, 0.6) is 0 Å². The number of alkyl halides is 1. The molecule has 2 atom stereocenters. The third kappa shape index (κ3) is 6.61. The maximum Gasteiger partial charge on any atom is 0.0590 e. The number of rotatable bonds is 10. The van der Waals surface area contributed by atoms with E-state index >= 15 is 0 Å². The molecule has 0 radical (unpaired) electrons. The zero-order valence-electron chi connectivity index (χ0n) is 10.9. The van der Waals surface area contributed by atoms with Gasteiger partial charge in [0.15, 0.2) is 0 Å². The zero-order valence-corrected chi connectivity index (χ0v) is 11.7. The van der Waals surface area contributed by atoms with Crippen LogP contribution in [0, 0.1) is 11.8 Å². The first-order chi connectivity index (χ1) is 8.38. The fraction of sp³-hybridized carbons (Fsp3) is 1.00. The Morgan fingerprint density at radius 1 is 1.18 bits per heavy atom. The Morgan fingerprint density at radius 3 is 2.76 bits per heavy atom. The Kier molecular flexibility index (Phi) is 9.07. The van der Waals surface area contributed by atoms with Crippen molar-refractivity contribution in [3.63, 3.8) is 0 Å². The minimum Gasteiger partial charge on any atom is -0.385 e. The molecule has 0 bridgehead atoms.